The lowest BCUT2D eigenvalue weighted by molar-refractivity contribution is 0.0952. The fourth-order valence-electron chi connectivity index (χ4n) is 2.78. The normalized spacial score (nSPS) is 11.4. The molecule has 146 valence electrons. The van der Waals surface area contributed by atoms with E-state index < -0.39 is 10.0 Å². The van der Waals surface area contributed by atoms with Gasteiger partial charge in [0.15, 0.2) is 0 Å². The van der Waals surface area contributed by atoms with Crippen LogP contribution in [0.3, 0.4) is 0 Å². The number of nitrogens with one attached hydrogen (secondary N) is 2. The molecule has 0 aliphatic rings. The molecule has 27 heavy (non-hydrogen) atoms. The molecule has 1 amide bonds. The molecule has 0 heterocycles. The first kappa shape index (κ1) is 21.0. The van der Waals surface area contributed by atoms with Gasteiger partial charge in [0.1, 0.15) is 0 Å². The van der Waals surface area contributed by atoms with Gasteiger partial charge in [-0.2, -0.15) is 0 Å². The summed E-state index contributed by atoms with van der Waals surface area (Å²) < 4.78 is 28.3. The number of carbonyl (C=O) groups excluding carboxylic acids is 1. The highest BCUT2D eigenvalue weighted by Gasteiger charge is 2.18. The smallest absolute Gasteiger partial charge is 0.261 e. The van der Waals surface area contributed by atoms with Crippen molar-refractivity contribution < 1.29 is 13.2 Å². The molecule has 0 fully saturated rings. The Labute approximate surface area is 162 Å². The summed E-state index contributed by atoms with van der Waals surface area (Å²) in [6.07, 6.45) is 3.04. The maximum atomic E-state index is 12.8. The molecule has 0 saturated carbocycles. The fourth-order valence-corrected chi connectivity index (χ4v) is 3.91. The fraction of sp³-hybridized carbons (Fsp3) is 0.381. The number of carbonyl (C=O) groups is 1. The number of unbranched alkanes of at least 4 members (excludes halogenated alkanes) is 2. The Morgan fingerprint density at radius 2 is 1.78 bits per heavy atom. The zero-order chi connectivity index (χ0) is 19.9. The van der Waals surface area contributed by atoms with Crippen LogP contribution in [0.25, 0.3) is 0 Å². The Bertz CT molecular complexity index is 877. The van der Waals surface area contributed by atoms with E-state index in [9.17, 15) is 13.2 Å². The zero-order valence-corrected chi connectivity index (χ0v) is 17.0. The number of benzene rings is 2. The van der Waals surface area contributed by atoms with Gasteiger partial charge in [0, 0.05) is 12.1 Å². The summed E-state index contributed by atoms with van der Waals surface area (Å²) in [5.41, 5.74) is 1.82. The van der Waals surface area contributed by atoms with Gasteiger partial charge in [-0.1, -0.05) is 57.9 Å². The number of para-hydroxylation sites is 1. The third-order valence-electron chi connectivity index (χ3n) is 4.30. The van der Waals surface area contributed by atoms with Crippen LogP contribution < -0.4 is 10.0 Å². The van der Waals surface area contributed by atoms with Crippen molar-refractivity contribution >= 4 is 21.6 Å². The summed E-state index contributed by atoms with van der Waals surface area (Å²) in [5.74, 6) is -0.0742. The highest BCUT2D eigenvalue weighted by Crippen LogP contribution is 2.26. The molecule has 0 spiro atoms. The molecule has 5 nitrogen and oxygen atoms in total. The SMILES string of the molecule is CCCCCNC(=O)c1cccc(S(=O)(=O)Nc2ccccc2C(C)C)c1. The molecular formula is C21H28N2O3S. The average Bonchev–Trinajstić information content (AvgIpc) is 2.65. The number of hydrogen-bond acceptors (Lipinski definition) is 3. The van der Waals surface area contributed by atoms with Crippen molar-refractivity contribution in [3.8, 4) is 0 Å². The maximum Gasteiger partial charge on any atom is 0.261 e. The van der Waals surface area contributed by atoms with E-state index in [1.807, 2.05) is 26.0 Å². The average molecular weight is 389 g/mol. The molecule has 0 aliphatic heterocycles. The predicted octanol–water partition coefficient (Wildman–Crippen LogP) is 4.53. The van der Waals surface area contributed by atoms with E-state index >= 15 is 0 Å². The highest BCUT2D eigenvalue weighted by molar-refractivity contribution is 7.92. The molecule has 0 aromatic heterocycles. The van der Waals surface area contributed by atoms with Crippen molar-refractivity contribution in [2.24, 2.45) is 0 Å². The second-order valence-electron chi connectivity index (χ2n) is 6.84. The zero-order valence-electron chi connectivity index (χ0n) is 16.2. The number of anilines is 1. The van der Waals surface area contributed by atoms with Gasteiger partial charge in [-0.25, -0.2) is 8.42 Å². The van der Waals surface area contributed by atoms with Crippen molar-refractivity contribution in [3.05, 3.63) is 59.7 Å². The van der Waals surface area contributed by atoms with Gasteiger partial charge in [-0.3, -0.25) is 9.52 Å². The van der Waals surface area contributed by atoms with E-state index in [-0.39, 0.29) is 16.7 Å². The first-order valence-electron chi connectivity index (χ1n) is 9.35. The van der Waals surface area contributed by atoms with Gasteiger partial charge in [0.2, 0.25) is 0 Å². The summed E-state index contributed by atoms with van der Waals surface area (Å²) >= 11 is 0. The molecule has 0 saturated heterocycles. The molecule has 0 aliphatic carbocycles. The van der Waals surface area contributed by atoms with Crippen molar-refractivity contribution in [2.45, 2.75) is 50.8 Å². The van der Waals surface area contributed by atoms with Crippen LogP contribution in [0.2, 0.25) is 0 Å². The predicted molar refractivity (Wildman–Crippen MR) is 110 cm³/mol. The minimum absolute atomic E-state index is 0.0715. The van der Waals surface area contributed by atoms with Crippen LogP contribution in [0, 0.1) is 0 Å². The van der Waals surface area contributed by atoms with E-state index in [0.717, 1.165) is 24.8 Å². The third kappa shape index (κ3) is 5.82. The molecule has 0 unspecified atom stereocenters. The van der Waals surface area contributed by atoms with Gasteiger partial charge >= 0.3 is 0 Å². The van der Waals surface area contributed by atoms with Crippen LogP contribution in [0.5, 0.6) is 0 Å². The van der Waals surface area contributed by atoms with Gasteiger partial charge in [-0.05, 0) is 42.2 Å². The van der Waals surface area contributed by atoms with Crippen molar-refractivity contribution in [3.63, 3.8) is 0 Å². The first-order valence-corrected chi connectivity index (χ1v) is 10.8. The maximum absolute atomic E-state index is 12.8. The van der Waals surface area contributed by atoms with Gasteiger partial charge in [-0.15, -0.1) is 0 Å². The van der Waals surface area contributed by atoms with Crippen LogP contribution in [0.15, 0.2) is 53.4 Å². The Balaban J connectivity index is 2.19. The Kier molecular flexibility index (Phi) is 7.42. The molecule has 2 N–H and O–H groups in total. The molecule has 0 radical (unpaired) electrons. The van der Waals surface area contributed by atoms with Crippen LogP contribution in [-0.2, 0) is 10.0 Å². The van der Waals surface area contributed by atoms with E-state index in [2.05, 4.69) is 17.0 Å². The molecule has 2 aromatic rings. The molecular weight excluding hydrogens is 360 g/mol. The summed E-state index contributed by atoms with van der Waals surface area (Å²) in [6.45, 7) is 6.71. The molecule has 0 atom stereocenters. The van der Waals surface area contributed by atoms with E-state index in [1.165, 1.54) is 12.1 Å². The number of sulfonamides is 1. The molecule has 6 heteroatoms. The minimum Gasteiger partial charge on any atom is -0.352 e. The molecule has 0 bridgehead atoms. The standard InChI is InChI=1S/C21H28N2O3S/c1-4-5-8-14-22-21(24)17-10-9-11-18(15-17)27(25,26)23-20-13-7-6-12-19(20)16(2)3/h6-7,9-13,15-16,23H,4-5,8,14H2,1-3H3,(H,22,24). The second kappa shape index (κ2) is 9.55. The van der Waals surface area contributed by atoms with E-state index in [4.69, 9.17) is 0 Å². The van der Waals surface area contributed by atoms with Crippen LogP contribution >= 0.6 is 0 Å². The Morgan fingerprint density at radius 3 is 2.48 bits per heavy atom. The van der Waals surface area contributed by atoms with E-state index in [0.29, 0.717) is 17.8 Å². The second-order valence-corrected chi connectivity index (χ2v) is 8.52. The largest absolute Gasteiger partial charge is 0.352 e. The summed E-state index contributed by atoms with van der Waals surface area (Å²) in [5, 5.41) is 2.83. The number of hydrogen-bond donors (Lipinski definition) is 2. The summed E-state index contributed by atoms with van der Waals surface area (Å²) in [6, 6.07) is 13.4. The van der Waals surface area contributed by atoms with Crippen LogP contribution in [0.4, 0.5) is 5.69 Å². The van der Waals surface area contributed by atoms with Crippen LogP contribution in [-0.4, -0.2) is 20.9 Å². The monoisotopic (exact) mass is 388 g/mol. The third-order valence-corrected chi connectivity index (χ3v) is 5.66. The Morgan fingerprint density at radius 1 is 1.04 bits per heavy atom. The number of rotatable bonds is 9. The van der Waals surface area contributed by atoms with Crippen molar-refractivity contribution in [2.75, 3.05) is 11.3 Å². The lowest BCUT2D eigenvalue weighted by atomic mass is 10.0. The van der Waals surface area contributed by atoms with Crippen molar-refractivity contribution in [1.29, 1.82) is 0 Å². The summed E-state index contributed by atoms with van der Waals surface area (Å²) in [4.78, 5) is 12.3. The topological polar surface area (TPSA) is 75.3 Å². The van der Waals surface area contributed by atoms with Crippen LogP contribution in [0.1, 0.15) is 61.9 Å². The Hall–Kier alpha value is -2.34. The highest BCUT2D eigenvalue weighted by atomic mass is 32.2. The summed E-state index contributed by atoms with van der Waals surface area (Å²) in [7, 11) is -3.78. The molecule has 2 rings (SSSR count). The lowest BCUT2D eigenvalue weighted by Crippen LogP contribution is -2.24. The quantitative estimate of drug-likeness (QED) is 0.620. The minimum atomic E-state index is -3.78. The number of amides is 1. The molecule has 2 aromatic carbocycles. The lowest BCUT2D eigenvalue weighted by Gasteiger charge is -2.15. The van der Waals surface area contributed by atoms with Crippen molar-refractivity contribution in [1.82, 2.24) is 5.32 Å². The van der Waals surface area contributed by atoms with Gasteiger partial charge in [0.05, 0.1) is 10.6 Å². The van der Waals surface area contributed by atoms with E-state index in [1.54, 1.807) is 24.3 Å². The van der Waals surface area contributed by atoms with Gasteiger partial charge in [0.25, 0.3) is 15.9 Å². The first-order chi connectivity index (χ1) is 12.8. The van der Waals surface area contributed by atoms with Gasteiger partial charge < -0.3 is 5.32 Å².